The molecule has 1 aliphatic carbocycles. The minimum Gasteiger partial charge on any atom is -0.506 e. The van der Waals surface area contributed by atoms with Crippen LogP contribution >= 0.6 is 0 Å². The second kappa shape index (κ2) is 11.2. The summed E-state index contributed by atoms with van der Waals surface area (Å²) in [6.07, 6.45) is 5.33. The number of aromatic amines is 1. The summed E-state index contributed by atoms with van der Waals surface area (Å²) >= 11 is 0. The number of fused-ring (bicyclic) bond motifs is 2. The van der Waals surface area contributed by atoms with Crippen LogP contribution in [0.2, 0.25) is 0 Å². The lowest BCUT2D eigenvalue weighted by Gasteiger charge is -2.27. The van der Waals surface area contributed by atoms with Crippen molar-refractivity contribution in [2.75, 3.05) is 20.1 Å². The van der Waals surface area contributed by atoms with Crippen LogP contribution in [0.15, 0.2) is 53.6 Å². The topological polar surface area (TPSA) is 106 Å². The van der Waals surface area contributed by atoms with Crippen LogP contribution in [0, 0.1) is 11.8 Å². The van der Waals surface area contributed by atoms with Crippen molar-refractivity contribution in [3.05, 3.63) is 70.3 Å². The summed E-state index contributed by atoms with van der Waals surface area (Å²) in [7, 11) is 2.20. The molecule has 0 spiro atoms. The number of H-pyrrole nitrogens is 1. The van der Waals surface area contributed by atoms with Gasteiger partial charge in [0.25, 0.3) is 0 Å². The van der Waals surface area contributed by atoms with Gasteiger partial charge < -0.3 is 30.0 Å². The molecule has 4 aromatic rings. The summed E-state index contributed by atoms with van der Waals surface area (Å²) in [5.74, 6) is 6.41. The van der Waals surface area contributed by atoms with Crippen LogP contribution in [0.1, 0.15) is 42.9 Å². The maximum absolute atomic E-state index is 11.6. The fourth-order valence-corrected chi connectivity index (χ4v) is 5.08. The molecule has 0 fully saturated rings. The van der Waals surface area contributed by atoms with E-state index in [4.69, 9.17) is 0 Å². The number of nitrogens with one attached hydrogen (secondary N) is 2. The van der Waals surface area contributed by atoms with E-state index in [1.54, 1.807) is 12.1 Å². The Bertz CT molecular complexity index is 1510. The molecule has 0 aliphatic heterocycles. The van der Waals surface area contributed by atoms with Gasteiger partial charge in [0.2, 0.25) is 5.56 Å². The van der Waals surface area contributed by atoms with Crippen molar-refractivity contribution >= 4 is 21.9 Å². The number of phenolic OH excluding ortho intramolecular Hbond substituents is 1. The maximum Gasteiger partial charge on any atom is 0.248 e. The Hall–Kier alpha value is -3.64. The second-order valence-electron chi connectivity index (χ2n) is 9.78. The standard InChI is InChI=1S/C29H33N5O3/c1-33(21-6-3-2-4-7-21)14-5-15-34-19-31-24-16-20(8-11-25(24)34)17-30-18-27(36)22-9-12-26(35)29-23(22)10-13-28(37)32-29/h8-13,16,19,21,27,30,35-36H,3,5-7,14-15,17-18H2,1H3,(H,32,37)/t21?,27-/m0/s1. The molecule has 2 aromatic heterocycles. The third-order valence-electron chi connectivity index (χ3n) is 7.22. The molecule has 8 nitrogen and oxygen atoms in total. The second-order valence-corrected chi connectivity index (χ2v) is 9.78. The van der Waals surface area contributed by atoms with Crippen LogP contribution in [0.5, 0.6) is 5.75 Å². The number of pyridine rings is 1. The number of aryl methyl sites for hydroxylation is 1. The Morgan fingerprint density at radius 3 is 2.97 bits per heavy atom. The van der Waals surface area contributed by atoms with Gasteiger partial charge >= 0.3 is 0 Å². The van der Waals surface area contributed by atoms with E-state index in [1.165, 1.54) is 12.1 Å². The van der Waals surface area contributed by atoms with Gasteiger partial charge in [0, 0.05) is 50.0 Å². The molecule has 37 heavy (non-hydrogen) atoms. The van der Waals surface area contributed by atoms with Crippen molar-refractivity contribution < 1.29 is 10.2 Å². The Morgan fingerprint density at radius 2 is 2.14 bits per heavy atom. The highest BCUT2D eigenvalue weighted by Gasteiger charge is 2.16. The molecule has 2 heterocycles. The highest BCUT2D eigenvalue weighted by atomic mass is 16.3. The highest BCUT2D eigenvalue weighted by Crippen LogP contribution is 2.28. The van der Waals surface area contributed by atoms with Gasteiger partial charge in [-0.1, -0.05) is 12.1 Å². The van der Waals surface area contributed by atoms with E-state index in [0.717, 1.165) is 55.4 Å². The van der Waals surface area contributed by atoms with Gasteiger partial charge in [-0.3, -0.25) is 4.79 Å². The van der Waals surface area contributed by atoms with Crippen LogP contribution in [-0.2, 0) is 13.1 Å². The normalized spacial score (nSPS) is 16.2. The number of aliphatic hydroxyl groups excluding tert-OH is 1. The zero-order valence-electron chi connectivity index (χ0n) is 21.1. The van der Waals surface area contributed by atoms with E-state index in [0.29, 0.717) is 35.6 Å². The predicted octanol–water partition coefficient (Wildman–Crippen LogP) is 3.28. The van der Waals surface area contributed by atoms with Crippen LogP contribution in [0.3, 0.4) is 0 Å². The maximum atomic E-state index is 11.6. The average Bonchev–Trinajstić information content (AvgIpc) is 3.31. The minimum atomic E-state index is -0.796. The number of aromatic nitrogens is 3. The number of aliphatic hydroxyl groups is 1. The molecule has 8 heteroatoms. The monoisotopic (exact) mass is 499 g/mol. The SMILES string of the molecule is CN(CCCn1cnc2cc(CNC[C@H](O)c3ccc(O)c4[nH]c(=O)ccc34)ccc21)C1CC#CCC1. The molecule has 2 atom stereocenters. The fourth-order valence-electron chi connectivity index (χ4n) is 5.08. The van der Waals surface area contributed by atoms with E-state index in [1.807, 2.05) is 6.33 Å². The third kappa shape index (κ3) is 5.70. The predicted molar refractivity (Wildman–Crippen MR) is 145 cm³/mol. The van der Waals surface area contributed by atoms with Gasteiger partial charge in [-0.25, -0.2) is 4.98 Å². The molecular formula is C29H33N5O3. The summed E-state index contributed by atoms with van der Waals surface area (Å²) in [5.41, 5.74) is 3.85. The molecule has 0 saturated heterocycles. The van der Waals surface area contributed by atoms with E-state index < -0.39 is 6.10 Å². The molecule has 0 bridgehead atoms. The van der Waals surface area contributed by atoms with Gasteiger partial charge in [0.15, 0.2) is 0 Å². The summed E-state index contributed by atoms with van der Waals surface area (Å²) < 4.78 is 2.21. The number of benzene rings is 2. The summed E-state index contributed by atoms with van der Waals surface area (Å²) in [4.78, 5) is 21.3. The lowest BCUT2D eigenvalue weighted by atomic mass is 10.0. The zero-order valence-corrected chi connectivity index (χ0v) is 21.1. The summed E-state index contributed by atoms with van der Waals surface area (Å²) in [5, 5.41) is 24.8. The molecule has 0 saturated carbocycles. The summed E-state index contributed by atoms with van der Waals surface area (Å²) in [6, 6.07) is 13.0. The number of aromatic hydroxyl groups is 1. The average molecular weight is 500 g/mol. The molecule has 5 rings (SSSR count). The first-order chi connectivity index (χ1) is 18.0. The van der Waals surface area contributed by atoms with Crippen molar-refractivity contribution in [1.29, 1.82) is 0 Å². The van der Waals surface area contributed by atoms with E-state index in [-0.39, 0.29) is 11.3 Å². The van der Waals surface area contributed by atoms with E-state index in [9.17, 15) is 15.0 Å². The number of hydrogen-bond donors (Lipinski definition) is 4. The van der Waals surface area contributed by atoms with Gasteiger partial charge in [-0.05, 0) is 61.8 Å². The van der Waals surface area contributed by atoms with Gasteiger partial charge in [0.05, 0.1) is 29.0 Å². The van der Waals surface area contributed by atoms with Gasteiger partial charge in [0.1, 0.15) is 5.75 Å². The minimum absolute atomic E-state index is 0.0181. The molecule has 1 aliphatic rings. The number of imidazole rings is 1. The smallest absolute Gasteiger partial charge is 0.248 e. The van der Waals surface area contributed by atoms with Crippen molar-refractivity contribution in [3.8, 4) is 17.6 Å². The number of phenols is 1. The Balaban J connectivity index is 1.16. The van der Waals surface area contributed by atoms with Crippen molar-refractivity contribution in [3.63, 3.8) is 0 Å². The van der Waals surface area contributed by atoms with Crippen molar-refractivity contribution in [2.45, 2.75) is 50.9 Å². The fraction of sp³-hybridized carbons (Fsp3) is 0.379. The quantitative estimate of drug-likeness (QED) is 0.250. The lowest BCUT2D eigenvalue weighted by Crippen LogP contribution is -2.33. The third-order valence-corrected chi connectivity index (χ3v) is 7.22. The number of hydrogen-bond acceptors (Lipinski definition) is 6. The first-order valence-electron chi connectivity index (χ1n) is 12.8. The first-order valence-corrected chi connectivity index (χ1v) is 12.8. The van der Waals surface area contributed by atoms with Crippen molar-refractivity contribution in [2.24, 2.45) is 0 Å². The molecular weight excluding hydrogens is 466 g/mol. The van der Waals surface area contributed by atoms with Crippen LogP contribution in [0.4, 0.5) is 0 Å². The number of nitrogens with zero attached hydrogens (tertiary/aromatic N) is 3. The van der Waals surface area contributed by atoms with Gasteiger partial charge in [-0.2, -0.15) is 0 Å². The molecule has 4 N–H and O–H groups in total. The molecule has 0 radical (unpaired) electrons. The largest absolute Gasteiger partial charge is 0.506 e. The molecule has 2 aromatic carbocycles. The van der Waals surface area contributed by atoms with E-state index >= 15 is 0 Å². The highest BCUT2D eigenvalue weighted by molar-refractivity contribution is 5.87. The van der Waals surface area contributed by atoms with Crippen LogP contribution in [-0.4, -0.2) is 55.8 Å². The van der Waals surface area contributed by atoms with Crippen LogP contribution in [0.25, 0.3) is 21.9 Å². The first kappa shape index (κ1) is 25.0. The van der Waals surface area contributed by atoms with Crippen LogP contribution < -0.4 is 10.9 Å². The number of rotatable bonds is 10. The summed E-state index contributed by atoms with van der Waals surface area (Å²) in [6.45, 7) is 2.88. The van der Waals surface area contributed by atoms with Gasteiger partial charge in [-0.15, -0.1) is 11.8 Å². The van der Waals surface area contributed by atoms with E-state index in [2.05, 4.69) is 61.8 Å². The Kier molecular flexibility index (Phi) is 7.56. The lowest BCUT2D eigenvalue weighted by molar-refractivity contribution is 0.176. The Labute approximate surface area is 216 Å². The molecule has 0 amide bonds. The molecule has 1 unspecified atom stereocenters. The Morgan fingerprint density at radius 1 is 1.24 bits per heavy atom. The molecule has 192 valence electrons. The van der Waals surface area contributed by atoms with Crippen molar-refractivity contribution in [1.82, 2.24) is 24.8 Å². The zero-order chi connectivity index (χ0) is 25.8.